The minimum atomic E-state index is -3.86. The fourth-order valence-electron chi connectivity index (χ4n) is 5.56. The van der Waals surface area contributed by atoms with E-state index in [0.717, 1.165) is 27.6 Å². The third-order valence-electron chi connectivity index (χ3n) is 8.02. The summed E-state index contributed by atoms with van der Waals surface area (Å²) in [5, 5.41) is 11.1. The summed E-state index contributed by atoms with van der Waals surface area (Å²) in [5.74, 6) is -0.463. The van der Waals surface area contributed by atoms with Gasteiger partial charge in [0.25, 0.3) is 15.9 Å². The van der Waals surface area contributed by atoms with E-state index in [0.29, 0.717) is 5.69 Å². The van der Waals surface area contributed by atoms with Crippen molar-refractivity contribution in [2.75, 3.05) is 26.7 Å². The molecule has 0 fully saturated rings. The lowest BCUT2D eigenvalue weighted by atomic mass is 9.96. The molecule has 0 saturated heterocycles. The number of rotatable bonds is 6. The zero-order chi connectivity index (χ0) is 29.5. The minimum absolute atomic E-state index is 0.0369. The third kappa shape index (κ3) is 5.30. The van der Waals surface area contributed by atoms with E-state index in [1.54, 1.807) is 16.5 Å². The molecule has 1 amide bonds. The van der Waals surface area contributed by atoms with Gasteiger partial charge in [-0.3, -0.25) is 4.79 Å². The Morgan fingerprint density at radius 1 is 1.15 bits per heavy atom. The van der Waals surface area contributed by atoms with E-state index < -0.39 is 22.2 Å². The number of sulfonamides is 1. The first-order valence-electron chi connectivity index (χ1n) is 13.7. The molecule has 41 heavy (non-hydrogen) atoms. The maximum Gasteiger partial charge on any atom is 0.271 e. The molecular weight excluding hydrogens is 542 g/mol. The molecule has 0 spiro atoms. The summed E-state index contributed by atoms with van der Waals surface area (Å²) in [6, 6.07) is 15.3. The molecule has 5 rings (SSSR count). The van der Waals surface area contributed by atoms with Crippen molar-refractivity contribution >= 4 is 26.8 Å². The zero-order valence-corrected chi connectivity index (χ0v) is 24.9. The van der Waals surface area contributed by atoms with E-state index >= 15 is 0 Å². The molecule has 1 N–H and O–H groups in total. The second-order valence-electron chi connectivity index (χ2n) is 10.9. The standard InChI is InChI=1S/C30H37N5O5S/c1-20-14-35(21(2)17-36)30(37)29-28(24-12-8-9-13-25(24)34(29)5)23-11-7-6-10-22(23)18-40-26(20)15-33(4)41(38,39)27-16-32(3)19-31-27/h6-13,16,19-21,26,36H,14-15,17-18H2,1-5H3/t20-,21+,26+/m1/s1. The van der Waals surface area contributed by atoms with E-state index in [1.165, 1.54) is 23.9 Å². The maximum atomic E-state index is 14.4. The van der Waals surface area contributed by atoms with Gasteiger partial charge in [-0.25, -0.2) is 13.4 Å². The molecule has 3 heterocycles. The molecule has 4 aromatic rings. The van der Waals surface area contributed by atoms with Gasteiger partial charge in [-0.15, -0.1) is 0 Å². The van der Waals surface area contributed by atoms with Crippen LogP contribution < -0.4 is 0 Å². The van der Waals surface area contributed by atoms with Crippen molar-refractivity contribution in [3.8, 4) is 11.1 Å². The highest BCUT2D eigenvalue weighted by Crippen LogP contribution is 2.38. The van der Waals surface area contributed by atoms with Crippen LogP contribution in [0, 0.1) is 5.92 Å². The SMILES string of the molecule is C[C@@H]1CN([C@@H](C)CO)C(=O)c2c(c3ccccc3n2C)-c2ccccc2CO[C@H]1CN(C)S(=O)(=O)c1cn(C)cn1. The van der Waals surface area contributed by atoms with Crippen molar-refractivity contribution in [3.63, 3.8) is 0 Å². The summed E-state index contributed by atoms with van der Waals surface area (Å²) < 4.78 is 37.9. The lowest BCUT2D eigenvalue weighted by Gasteiger charge is -2.34. The Labute approximate surface area is 240 Å². The van der Waals surface area contributed by atoms with Gasteiger partial charge in [0.1, 0.15) is 5.69 Å². The molecule has 2 aromatic heterocycles. The molecule has 0 unspecified atom stereocenters. The van der Waals surface area contributed by atoms with Crippen LogP contribution in [-0.2, 0) is 35.5 Å². The van der Waals surface area contributed by atoms with Crippen LogP contribution in [0.1, 0.15) is 29.9 Å². The number of carbonyl (C=O) groups excluding carboxylic acids is 1. The number of benzene rings is 2. The highest BCUT2D eigenvalue weighted by molar-refractivity contribution is 7.89. The Hall–Kier alpha value is -3.51. The number of aromatic nitrogens is 3. The normalized spacial score (nSPS) is 19.2. The number of ether oxygens (including phenoxy) is 1. The molecule has 0 aliphatic carbocycles. The van der Waals surface area contributed by atoms with Gasteiger partial charge in [-0.1, -0.05) is 49.4 Å². The first kappa shape index (κ1) is 29.0. The lowest BCUT2D eigenvalue weighted by molar-refractivity contribution is -0.0147. The fraction of sp³-hybridized carbons (Fsp3) is 0.400. The molecule has 0 radical (unpaired) electrons. The number of aliphatic hydroxyl groups excluding tert-OH is 1. The van der Waals surface area contributed by atoms with E-state index in [4.69, 9.17) is 4.74 Å². The molecule has 3 atom stereocenters. The molecule has 1 aliphatic heterocycles. The van der Waals surface area contributed by atoms with Gasteiger partial charge in [0, 0.05) is 62.8 Å². The number of aliphatic hydroxyl groups is 1. The van der Waals surface area contributed by atoms with E-state index in [-0.39, 0.29) is 43.2 Å². The number of fused-ring (bicyclic) bond motifs is 5. The smallest absolute Gasteiger partial charge is 0.271 e. The van der Waals surface area contributed by atoms with Gasteiger partial charge in [-0.2, -0.15) is 4.31 Å². The summed E-state index contributed by atoms with van der Waals surface area (Å²) in [5.41, 5.74) is 4.08. The third-order valence-corrected chi connectivity index (χ3v) is 9.73. The predicted molar refractivity (Wildman–Crippen MR) is 157 cm³/mol. The van der Waals surface area contributed by atoms with Gasteiger partial charge in [0.15, 0.2) is 5.03 Å². The lowest BCUT2D eigenvalue weighted by Crippen LogP contribution is -2.48. The van der Waals surface area contributed by atoms with Crippen molar-refractivity contribution in [1.82, 2.24) is 23.3 Å². The van der Waals surface area contributed by atoms with E-state index in [9.17, 15) is 18.3 Å². The Kier molecular flexibility index (Phi) is 8.06. The van der Waals surface area contributed by atoms with Crippen LogP contribution in [0.25, 0.3) is 22.0 Å². The molecule has 10 nitrogen and oxygen atoms in total. The minimum Gasteiger partial charge on any atom is -0.394 e. The van der Waals surface area contributed by atoms with Crippen molar-refractivity contribution in [3.05, 3.63) is 72.3 Å². The first-order valence-corrected chi connectivity index (χ1v) is 15.1. The van der Waals surface area contributed by atoms with Gasteiger partial charge in [0.05, 0.1) is 31.7 Å². The number of hydrogen-bond acceptors (Lipinski definition) is 6. The summed E-state index contributed by atoms with van der Waals surface area (Å²) in [6.07, 6.45) is 2.37. The van der Waals surface area contributed by atoms with Crippen LogP contribution in [0.5, 0.6) is 0 Å². The van der Waals surface area contributed by atoms with E-state index in [2.05, 4.69) is 4.98 Å². The number of carbonyl (C=O) groups is 1. The topological polar surface area (TPSA) is 110 Å². The van der Waals surface area contributed by atoms with Crippen LogP contribution in [0.4, 0.5) is 0 Å². The van der Waals surface area contributed by atoms with Crippen LogP contribution in [0.15, 0.2) is 66.1 Å². The highest BCUT2D eigenvalue weighted by atomic mass is 32.2. The number of para-hydroxylation sites is 1. The number of aryl methyl sites for hydroxylation is 2. The number of amides is 1. The zero-order valence-electron chi connectivity index (χ0n) is 24.1. The molecule has 11 heteroatoms. The summed E-state index contributed by atoms with van der Waals surface area (Å²) in [7, 11) is 1.26. The molecule has 218 valence electrons. The van der Waals surface area contributed by atoms with Crippen LogP contribution in [-0.4, -0.2) is 81.6 Å². The summed E-state index contributed by atoms with van der Waals surface area (Å²) in [4.78, 5) is 20.1. The molecule has 0 bridgehead atoms. The molecule has 2 aromatic carbocycles. The quantitative estimate of drug-likeness (QED) is 0.376. The number of hydrogen-bond donors (Lipinski definition) is 1. The Balaban J connectivity index is 1.61. The van der Waals surface area contributed by atoms with Crippen LogP contribution in [0.2, 0.25) is 0 Å². The fourth-order valence-corrected chi connectivity index (χ4v) is 6.70. The Morgan fingerprint density at radius 3 is 2.56 bits per heavy atom. The average Bonchev–Trinajstić information content (AvgIpc) is 3.53. The molecule has 1 aliphatic rings. The van der Waals surface area contributed by atoms with Crippen LogP contribution in [0.3, 0.4) is 0 Å². The maximum absolute atomic E-state index is 14.4. The second kappa shape index (κ2) is 11.4. The number of imidazole rings is 1. The second-order valence-corrected chi connectivity index (χ2v) is 12.9. The van der Waals surface area contributed by atoms with Gasteiger partial charge < -0.3 is 23.9 Å². The van der Waals surface area contributed by atoms with Crippen molar-refractivity contribution in [2.45, 2.75) is 37.6 Å². The Morgan fingerprint density at radius 2 is 1.85 bits per heavy atom. The first-order chi connectivity index (χ1) is 19.5. The van der Waals surface area contributed by atoms with Crippen LogP contribution >= 0.6 is 0 Å². The summed E-state index contributed by atoms with van der Waals surface area (Å²) in [6.45, 7) is 4.10. The van der Waals surface area contributed by atoms with Gasteiger partial charge >= 0.3 is 0 Å². The highest BCUT2D eigenvalue weighted by Gasteiger charge is 2.35. The monoisotopic (exact) mass is 579 g/mol. The molecule has 0 saturated carbocycles. The number of likely N-dealkylation sites (N-methyl/N-ethyl adjacent to an activating group) is 1. The summed E-state index contributed by atoms with van der Waals surface area (Å²) >= 11 is 0. The Bertz CT molecular complexity index is 1680. The molecular formula is C30H37N5O5S. The van der Waals surface area contributed by atoms with Gasteiger partial charge in [0.2, 0.25) is 0 Å². The predicted octanol–water partition coefficient (Wildman–Crippen LogP) is 3.26. The van der Waals surface area contributed by atoms with Crippen molar-refractivity contribution < 1.29 is 23.1 Å². The van der Waals surface area contributed by atoms with Crippen molar-refractivity contribution in [2.24, 2.45) is 20.0 Å². The van der Waals surface area contributed by atoms with Crippen molar-refractivity contribution in [1.29, 1.82) is 0 Å². The number of nitrogens with zero attached hydrogens (tertiary/aromatic N) is 5. The largest absolute Gasteiger partial charge is 0.394 e. The average molecular weight is 580 g/mol. The van der Waals surface area contributed by atoms with E-state index in [1.807, 2.05) is 74.0 Å². The van der Waals surface area contributed by atoms with Gasteiger partial charge in [-0.05, 0) is 24.1 Å².